The van der Waals surface area contributed by atoms with Crippen molar-refractivity contribution in [3.63, 3.8) is 0 Å². The molecule has 3 aromatic heterocycles. The molecule has 0 aliphatic heterocycles. The molecule has 1 N–H and O–H groups in total. The summed E-state index contributed by atoms with van der Waals surface area (Å²) in [5.74, 6) is -3.33. The molecule has 0 bridgehead atoms. The number of pyridine rings is 3. The third-order valence-corrected chi connectivity index (χ3v) is 5.34. The van der Waals surface area contributed by atoms with Crippen LogP contribution in [0.15, 0.2) is 104 Å². The van der Waals surface area contributed by atoms with Gasteiger partial charge in [0.05, 0.1) is 6.61 Å². The maximum atomic E-state index is 13.2. The van der Waals surface area contributed by atoms with Crippen LogP contribution in [-0.4, -0.2) is 32.6 Å². The molecule has 0 aliphatic carbocycles. The van der Waals surface area contributed by atoms with Gasteiger partial charge in [0.15, 0.2) is 11.4 Å². The van der Waals surface area contributed by atoms with E-state index in [1.807, 2.05) is 0 Å². The monoisotopic (exact) mass is 780 g/mol. The second-order valence-corrected chi connectivity index (χ2v) is 8.45. The van der Waals surface area contributed by atoms with E-state index in [0.29, 0.717) is 23.7 Å². The first-order valence-corrected chi connectivity index (χ1v) is 12.8. The smallest absolute Gasteiger partial charge is 0.358 e. The summed E-state index contributed by atoms with van der Waals surface area (Å²) in [6.07, 6.45) is 7.99. The number of rotatable bonds is 8. The van der Waals surface area contributed by atoms with Gasteiger partial charge in [-0.05, 0) is 48.5 Å². The van der Waals surface area contributed by atoms with E-state index < -0.39 is 29.2 Å². The normalized spacial score (nSPS) is 9.73. The van der Waals surface area contributed by atoms with Crippen LogP contribution in [0.4, 0.5) is 17.6 Å². The number of hydrogen-bond acceptors (Lipinski definition) is 5. The first-order chi connectivity index (χ1) is 20.8. The Labute approximate surface area is 265 Å². The zero-order valence-electron chi connectivity index (χ0n) is 23.0. The Bertz CT molecular complexity index is 1540. The van der Waals surface area contributed by atoms with Crippen molar-refractivity contribution in [3.05, 3.63) is 145 Å². The van der Waals surface area contributed by atoms with Crippen LogP contribution in [0, 0.1) is 35.4 Å². The minimum Gasteiger partial charge on any atom is -0.491 e. The molecule has 0 spiro atoms. The fourth-order valence-electron chi connectivity index (χ4n) is 3.38. The third kappa shape index (κ3) is 11.2. The van der Waals surface area contributed by atoms with Crippen molar-refractivity contribution in [2.24, 2.45) is 0 Å². The largest absolute Gasteiger partial charge is 0.491 e. The predicted octanol–water partition coefficient (Wildman–Crippen LogP) is 7.78. The van der Waals surface area contributed by atoms with Gasteiger partial charge in [-0.25, -0.2) is 9.78 Å². The third-order valence-electron chi connectivity index (χ3n) is 5.34. The predicted molar refractivity (Wildman–Crippen MR) is 153 cm³/mol. The summed E-state index contributed by atoms with van der Waals surface area (Å²) in [6.45, 7) is 4.06. The summed E-state index contributed by atoms with van der Waals surface area (Å²) in [4.78, 5) is 22.4. The standard InChI is InChI=1S/2C11H6F2N.C11H13NO3.Ir/c2*12-8-4-5-9(10(13)7-8)11-3-1-2-6-14-11;1-2-3-4-8-15-9-6-5-7-12-10(9)11(13)14;/h2*1-4,6-7H;2,5-7H,1,3-4,8H2,(H,13,14);/q2*-1;;. The molecular weight excluding hydrogens is 755 g/mol. The van der Waals surface area contributed by atoms with E-state index in [1.54, 1.807) is 67.0 Å². The van der Waals surface area contributed by atoms with Gasteiger partial charge in [0.1, 0.15) is 0 Å². The molecule has 11 heteroatoms. The topological polar surface area (TPSA) is 85.2 Å². The van der Waals surface area contributed by atoms with Crippen LogP contribution in [0.3, 0.4) is 0 Å². The van der Waals surface area contributed by atoms with Crippen LogP contribution in [0.1, 0.15) is 23.3 Å². The van der Waals surface area contributed by atoms with Gasteiger partial charge in [0, 0.05) is 62.0 Å². The molecule has 0 saturated heterocycles. The molecule has 5 aromatic rings. The molecule has 0 unspecified atom stereocenters. The van der Waals surface area contributed by atoms with Crippen LogP contribution in [0.2, 0.25) is 0 Å². The van der Waals surface area contributed by atoms with Crippen LogP contribution in [0.25, 0.3) is 22.5 Å². The summed E-state index contributed by atoms with van der Waals surface area (Å²) in [5, 5.41) is 8.81. The van der Waals surface area contributed by atoms with Gasteiger partial charge >= 0.3 is 5.97 Å². The zero-order valence-corrected chi connectivity index (χ0v) is 25.4. The number of ether oxygens (including phenoxy) is 1. The van der Waals surface area contributed by atoms with Crippen LogP contribution < -0.4 is 4.74 Å². The fraction of sp³-hybridized carbons (Fsp3) is 0.0909. The maximum absolute atomic E-state index is 13.2. The molecule has 44 heavy (non-hydrogen) atoms. The van der Waals surface area contributed by atoms with Gasteiger partial charge in [-0.2, -0.15) is 0 Å². The van der Waals surface area contributed by atoms with E-state index in [1.165, 1.54) is 6.20 Å². The maximum Gasteiger partial charge on any atom is 0.358 e. The molecule has 6 nitrogen and oxygen atoms in total. The van der Waals surface area contributed by atoms with Crippen molar-refractivity contribution in [2.75, 3.05) is 6.61 Å². The van der Waals surface area contributed by atoms with E-state index in [4.69, 9.17) is 9.84 Å². The summed E-state index contributed by atoms with van der Waals surface area (Å²) >= 11 is 0. The van der Waals surface area contributed by atoms with Gasteiger partial charge in [0.25, 0.3) is 0 Å². The van der Waals surface area contributed by atoms with Gasteiger partial charge in [-0.1, -0.05) is 53.6 Å². The van der Waals surface area contributed by atoms with E-state index in [0.717, 1.165) is 37.1 Å². The summed E-state index contributed by atoms with van der Waals surface area (Å²) in [7, 11) is 0. The quantitative estimate of drug-likeness (QED) is 0.0750. The number of allylic oxidation sites excluding steroid dienone is 1. The minimum atomic E-state index is -1.07. The molecule has 0 saturated carbocycles. The molecule has 229 valence electrons. The van der Waals surface area contributed by atoms with Crippen molar-refractivity contribution in [1.29, 1.82) is 0 Å². The Morgan fingerprint density at radius 2 is 1.34 bits per heavy atom. The number of aromatic nitrogens is 3. The Morgan fingerprint density at radius 3 is 1.77 bits per heavy atom. The Hall–Kier alpha value is -4.73. The number of hydrogen-bond donors (Lipinski definition) is 1. The van der Waals surface area contributed by atoms with E-state index in [-0.39, 0.29) is 36.9 Å². The Kier molecular flexibility index (Phi) is 15.1. The number of aromatic carboxylic acids is 1. The minimum absolute atomic E-state index is 0. The van der Waals surface area contributed by atoms with Crippen molar-refractivity contribution in [2.45, 2.75) is 12.8 Å². The van der Waals surface area contributed by atoms with E-state index in [9.17, 15) is 22.4 Å². The summed E-state index contributed by atoms with van der Waals surface area (Å²) < 4.78 is 56.9. The summed E-state index contributed by atoms with van der Waals surface area (Å²) in [5.41, 5.74) is 1.23. The van der Waals surface area contributed by atoms with Crippen molar-refractivity contribution in [3.8, 4) is 28.3 Å². The first kappa shape index (κ1) is 35.5. The van der Waals surface area contributed by atoms with Crippen molar-refractivity contribution < 1.29 is 52.3 Å². The van der Waals surface area contributed by atoms with Crippen LogP contribution in [-0.2, 0) is 20.1 Å². The van der Waals surface area contributed by atoms with Gasteiger partial charge in [-0.3, -0.25) is 17.6 Å². The molecule has 0 amide bonds. The molecule has 0 aliphatic rings. The molecular formula is C33H25F4IrN3O3-2. The van der Waals surface area contributed by atoms with Gasteiger partial charge in [-0.15, -0.1) is 30.8 Å². The number of carboxylic acids is 1. The second kappa shape index (κ2) is 18.7. The molecule has 0 atom stereocenters. The number of halogens is 4. The molecule has 0 fully saturated rings. The molecule has 5 rings (SSSR count). The van der Waals surface area contributed by atoms with Crippen LogP contribution in [0.5, 0.6) is 5.75 Å². The first-order valence-electron chi connectivity index (χ1n) is 12.8. The van der Waals surface area contributed by atoms with Crippen molar-refractivity contribution in [1.82, 2.24) is 15.0 Å². The number of nitrogens with zero attached hydrogens (tertiary/aromatic N) is 3. The molecule has 2 aromatic carbocycles. The van der Waals surface area contributed by atoms with Crippen LogP contribution >= 0.6 is 0 Å². The molecule has 1 radical (unpaired) electrons. The number of unbranched alkanes of at least 4 members (excludes halogenated alkanes) is 1. The molecule has 3 heterocycles. The Morgan fingerprint density at radius 1 is 0.818 bits per heavy atom. The van der Waals surface area contributed by atoms with Crippen molar-refractivity contribution >= 4 is 5.97 Å². The second-order valence-electron chi connectivity index (χ2n) is 8.45. The van der Waals surface area contributed by atoms with Gasteiger partial charge < -0.3 is 19.8 Å². The van der Waals surface area contributed by atoms with E-state index >= 15 is 0 Å². The average Bonchev–Trinajstić information content (AvgIpc) is 3.01. The SMILES string of the molecule is C=CCCCOc1cccnc1C(=O)O.Fc1c[c-]c(-c2ccccn2)c(F)c1.Fc1c[c-]c(-c2ccccn2)c(F)c1.[Ir]. The van der Waals surface area contributed by atoms with E-state index in [2.05, 4.69) is 33.7 Å². The fourth-order valence-corrected chi connectivity index (χ4v) is 3.38. The summed E-state index contributed by atoms with van der Waals surface area (Å²) in [6, 6.07) is 22.3. The van der Waals surface area contributed by atoms with Gasteiger partial charge in [0.2, 0.25) is 0 Å². The number of benzene rings is 2. The Balaban J connectivity index is 0.000000228. The number of carboxylic acid groups (broad SMARTS) is 1. The number of carbonyl (C=O) groups is 1. The average molecular weight is 780 g/mol. The zero-order chi connectivity index (χ0) is 31.0.